The first-order valence-electron chi connectivity index (χ1n) is 13.4. The van der Waals surface area contributed by atoms with Crippen LogP contribution in [0.1, 0.15) is 43.0 Å². The van der Waals surface area contributed by atoms with Crippen LogP contribution in [0, 0.1) is 5.92 Å². The Kier molecular flexibility index (Phi) is 5.15. The third kappa shape index (κ3) is 3.73. The van der Waals surface area contributed by atoms with Crippen LogP contribution in [0.25, 0.3) is 33.5 Å². The highest BCUT2D eigenvalue weighted by Gasteiger charge is 2.31. The number of para-hydroxylation sites is 1. The van der Waals surface area contributed by atoms with E-state index in [9.17, 15) is 9.59 Å². The molecular weight excluding hydrogens is 464 g/mol. The Morgan fingerprint density at radius 1 is 1.05 bits per heavy atom. The Hall–Kier alpha value is -3.65. The highest BCUT2D eigenvalue weighted by atomic mass is 16.2. The van der Waals surface area contributed by atoms with Gasteiger partial charge in [0.15, 0.2) is 5.82 Å². The number of amides is 2. The van der Waals surface area contributed by atoms with E-state index in [1.54, 1.807) is 11.8 Å². The zero-order chi connectivity index (χ0) is 25.3. The molecule has 2 fully saturated rings. The van der Waals surface area contributed by atoms with Crippen molar-refractivity contribution in [2.45, 2.75) is 51.7 Å². The normalized spacial score (nSPS) is 19.7. The smallest absolute Gasteiger partial charge is 0.254 e. The van der Waals surface area contributed by atoms with Gasteiger partial charge in [0.2, 0.25) is 5.91 Å². The second-order valence-corrected chi connectivity index (χ2v) is 10.9. The molecule has 8 nitrogen and oxygen atoms in total. The summed E-state index contributed by atoms with van der Waals surface area (Å²) in [6.45, 7) is 5.05. The second kappa shape index (κ2) is 8.45. The van der Waals surface area contributed by atoms with Gasteiger partial charge in [0.05, 0.1) is 22.4 Å². The molecule has 37 heavy (non-hydrogen) atoms. The van der Waals surface area contributed by atoms with Crippen LogP contribution in [0.2, 0.25) is 0 Å². The maximum absolute atomic E-state index is 13.5. The summed E-state index contributed by atoms with van der Waals surface area (Å²) in [6, 6.07) is 14.5. The molecule has 1 saturated carbocycles. The van der Waals surface area contributed by atoms with Crippen LogP contribution in [0.3, 0.4) is 0 Å². The van der Waals surface area contributed by atoms with Gasteiger partial charge in [0.1, 0.15) is 0 Å². The fourth-order valence-corrected chi connectivity index (χ4v) is 6.16. The van der Waals surface area contributed by atoms with Crippen molar-refractivity contribution in [2.24, 2.45) is 11.7 Å². The minimum absolute atomic E-state index is 0.00713. The van der Waals surface area contributed by atoms with E-state index in [-0.39, 0.29) is 17.9 Å². The van der Waals surface area contributed by atoms with Crippen LogP contribution in [0.15, 0.2) is 42.5 Å². The minimum Gasteiger partial charge on any atom is -0.338 e. The third-order valence-electron chi connectivity index (χ3n) is 8.21. The quantitative estimate of drug-likeness (QED) is 0.463. The number of piperidine rings is 1. The standard InChI is InChI=1S/C29H32N6O2/c1-18(36)33-11-12-34-27-23(13-21(15-25(27)33)29(37)32-10-4-6-22(30)17-32)31-28(34)26-14-20-5-2-3-7-24(20)35(26)16-19-8-9-19/h2-3,5,7,13-15,19,22H,4,6,8-12,16-17,30H2,1H3/t22-/m1/s1. The van der Waals surface area contributed by atoms with Crippen molar-refractivity contribution in [1.29, 1.82) is 0 Å². The number of aromatic nitrogens is 3. The summed E-state index contributed by atoms with van der Waals surface area (Å²) < 4.78 is 4.66. The van der Waals surface area contributed by atoms with Crippen molar-refractivity contribution in [2.75, 3.05) is 24.5 Å². The van der Waals surface area contributed by atoms with Gasteiger partial charge in [-0.3, -0.25) is 9.59 Å². The predicted molar refractivity (Wildman–Crippen MR) is 145 cm³/mol. The third-order valence-corrected chi connectivity index (χ3v) is 8.21. The Labute approximate surface area is 215 Å². The number of nitrogens with zero attached hydrogens (tertiary/aromatic N) is 5. The zero-order valence-corrected chi connectivity index (χ0v) is 21.2. The van der Waals surface area contributed by atoms with Crippen molar-refractivity contribution < 1.29 is 9.59 Å². The molecule has 1 atom stereocenters. The molecule has 2 N–H and O–H groups in total. The van der Waals surface area contributed by atoms with E-state index in [0.29, 0.717) is 37.7 Å². The molecule has 4 heterocycles. The highest BCUT2D eigenvalue weighted by Crippen LogP contribution is 2.40. The number of rotatable bonds is 4. The topological polar surface area (TPSA) is 89.4 Å². The Bertz CT molecular complexity index is 1560. The van der Waals surface area contributed by atoms with E-state index in [2.05, 4.69) is 39.5 Å². The maximum atomic E-state index is 13.5. The number of carbonyl (C=O) groups is 2. The Morgan fingerprint density at radius 2 is 1.89 bits per heavy atom. The summed E-state index contributed by atoms with van der Waals surface area (Å²) in [5, 5.41) is 1.21. The number of benzene rings is 2. The number of likely N-dealkylation sites (tertiary alicyclic amines) is 1. The van der Waals surface area contributed by atoms with Gasteiger partial charge in [-0.05, 0) is 55.9 Å². The van der Waals surface area contributed by atoms with Crippen molar-refractivity contribution in [3.05, 3.63) is 48.0 Å². The van der Waals surface area contributed by atoms with Gasteiger partial charge in [-0.15, -0.1) is 0 Å². The first-order chi connectivity index (χ1) is 18.0. The molecule has 2 amide bonds. The van der Waals surface area contributed by atoms with Crippen LogP contribution in [-0.2, 0) is 17.9 Å². The van der Waals surface area contributed by atoms with Crippen LogP contribution < -0.4 is 10.6 Å². The summed E-state index contributed by atoms with van der Waals surface area (Å²) in [5.41, 5.74) is 11.5. The number of nitrogens with two attached hydrogens (primary N) is 1. The molecule has 7 rings (SSSR count). The summed E-state index contributed by atoms with van der Waals surface area (Å²) in [7, 11) is 0. The summed E-state index contributed by atoms with van der Waals surface area (Å²) in [4.78, 5) is 34.9. The summed E-state index contributed by atoms with van der Waals surface area (Å²) in [6.07, 6.45) is 4.39. The van der Waals surface area contributed by atoms with E-state index in [0.717, 1.165) is 47.6 Å². The molecule has 3 aliphatic rings. The molecule has 2 aromatic carbocycles. The van der Waals surface area contributed by atoms with E-state index in [4.69, 9.17) is 10.7 Å². The summed E-state index contributed by atoms with van der Waals surface area (Å²) in [5.74, 6) is 1.55. The monoisotopic (exact) mass is 496 g/mol. The fraction of sp³-hybridized carbons (Fsp3) is 0.414. The van der Waals surface area contributed by atoms with Gasteiger partial charge in [-0.25, -0.2) is 4.98 Å². The Balaban J connectivity index is 1.41. The molecule has 1 saturated heterocycles. The lowest BCUT2D eigenvalue weighted by molar-refractivity contribution is -0.116. The number of fused-ring (bicyclic) bond motifs is 1. The van der Waals surface area contributed by atoms with Crippen molar-refractivity contribution >= 4 is 39.4 Å². The molecule has 0 radical (unpaired) electrons. The molecule has 0 spiro atoms. The van der Waals surface area contributed by atoms with Gasteiger partial charge in [-0.1, -0.05) is 18.2 Å². The van der Waals surface area contributed by atoms with Gasteiger partial charge < -0.3 is 24.7 Å². The lowest BCUT2D eigenvalue weighted by Gasteiger charge is -2.32. The molecule has 1 aliphatic carbocycles. The number of anilines is 1. The predicted octanol–water partition coefficient (Wildman–Crippen LogP) is 4.00. The molecule has 0 unspecified atom stereocenters. The zero-order valence-electron chi connectivity index (χ0n) is 21.2. The Morgan fingerprint density at radius 3 is 2.68 bits per heavy atom. The molecule has 8 heteroatoms. The van der Waals surface area contributed by atoms with Gasteiger partial charge >= 0.3 is 0 Å². The van der Waals surface area contributed by atoms with Crippen molar-refractivity contribution in [1.82, 2.24) is 19.0 Å². The van der Waals surface area contributed by atoms with E-state index in [1.807, 2.05) is 17.0 Å². The first kappa shape index (κ1) is 22.5. The van der Waals surface area contributed by atoms with Gasteiger partial charge in [0.25, 0.3) is 5.91 Å². The molecule has 2 aliphatic heterocycles. The van der Waals surface area contributed by atoms with Crippen LogP contribution in [-0.4, -0.2) is 56.5 Å². The second-order valence-electron chi connectivity index (χ2n) is 10.9. The molecular formula is C29H32N6O2. The summed E-state index contributed by atoms with van der Waals surface area (Å²) >= 11 is 0. The molecule has 4 aromatic rings. The average Bonchev–Trinajstić information content (AvgIpc) is 3.54. The molecule has 190 valence electrons. The van der Waals surface area contributed by atoms with Crippen molar-refractivity contribution in [3.8, 4) is 11.5 Å². The van der Waals surface area contributed by atoms with Gasteiger partial charge in [0, 0.05) is 62.2 Å². The van der Waals surface area contributed by atoms with Crippen LogP contribution >= 0.6 is 0 Å². The minimum atomic E-state index is -0.0404. The lowest BCUT2D eigenvalue weighted by atomic mass is 10.0. The van der Waals surface area contributed by atoms with E-state index >= 15 is 0 Å². The molecule has 0 bridgehead atoms. The van der Waals surface area contributed by atoms with Gasteiger partial charge in [-0.2, -0.15) is 0 Å². The fourth-order valence-electron chi connectivity index (χ4n) is 6.16. The van der Waals surface area contributed by atoms with Crippen LogP contribution in [0.5, 0.6) is 0 Å². The molecule has 2 aromatic heterocycles. The largest absolute Gasteiger partial charge is 0.338 e. The number of hydrogen-bond donors (Lipinski definition) is 1. The average molecular weight is 497 g/mol. The highest BCUT2D eigenvalue weighted by molar-refractivity contribution is 6.07. The lowest BCUT2D eigenvalue weighted by Crippen LogP contribution is -2.45. The van der Waals surface area contributed by atoms with Crippen LogP contribution in [0.4, 0.5) is 5.69 Å². The SMILES string of the molecule is CC(=O)N1CCn2c(-c3cc4ccccc4n3CC3CC3)nc3cc(C(=O)N4CCC[C@@H](N)C4)cc1c32. The number of carbonyl (C=O) groups excluding carboxylic acids is 2. The number of hydrogen-bond acceptors (Lipinski definition) is 4. The van der Waals surface area contributed by atoms with E-state index in [1.165, 1.54) is 23.7 Å². The van der Waals surface area contributed by atoms with Crippen molar-refractivity contribution in [3.63, 3.8) is 0 Å². The van der Waals surface area contributed by atoms with E-state index < -0.39 is 0 Å². The maximum Gasteiger partial charge on any atom is 0.254 e. The first-order valence-corrected chi connectivity index (χ1v) is 13.4. The number of imidazole rings is 1.